The van der Waals surface area contributed by atoms with E-state index in [4.69, 9.17) is 0 Å². The number of anilines is 1. The molecule has 0 unspecified atom stereocenters. The summed E-state index contributed by atoms with van der Waals surface area (Å²) in [5.41, 5.74) is 1.42. The molecule has 28 heavy (non-hydrogen) atoms. The highest BCUT2D eigenvalue weighted by Gasteiger charge is 2.07. The van der Waals surface area contributed by atoms with Crippen LogP contribution in [0.2, 0.25) is 0 Å². The highest BCUT2D eigenvalue weighted by molar-refractivity contribution is 5.79. The lowest BCUT2D eigenvalue weighted by Gasteiger charge is -2.20. The van der Waals surface area contributed by atoms with Crippen molar-refractivity contribution < 1.29 is 4.39 Å². The third-order valence-corrected chi connectivity index (χ3v) is 4.33. The van der Waals surface area contributed by atoms with Gasteiger partial charge < -0.3 is 15.5 Å². The second kappa shape index (κ2) is 9.68. The van der Waals surface area contributed by atoms with Gasteiger partial charge in [0.2, 0.25) is 0 Å². The van der Waals surface area contributed by atoms with Crippen LogP contribution in [0.5, 0.6) is 0 Å². The molecule has 0 saturated heterocycles. The van der Waals surface area contributed by atoms with Crippen LogP contribution >= 0.6 is 0 Å². The lowest BCUT2D eigenvalue weighted by Crippen LogP contribution is -2.38. The molecule has 2 aromatic heterocycles. The first kappa shape index (κ1) is 19.6. The number of aromatic nitrogens is 3. The second-order valence-electron chi connectivity index (χ2n) is 6.39. The molecule has 0 aliphatic rings. The van der Waals surface area contributed by atoms with E-state index in [-0.39, 0.29) is 5.82 Å². The van der Waals surface area contributed by atoms with E-state index in [2.05, 4.69) is 25.8 Å². The number of halogens is 1. The van der Waals surface area contributed by atoms with E-state index in [0.29, 0.717) is 12.2 Å². The molecule has 148 valence electrons. The van der Waals surface area contributed by atoms with Gasteiger partial charge in [0.15, 0.2) is 17.4 Å². The van der Waals surface area contributed by atoms with Gasteiger partial charge in [0.1, 0.15) is 12.4 Å². The first-order valence-electron chi connectivity index (χ1n) is 9.45. The average molecular weight is 383 g/mol. The number of nitrogens with zero attached hydrogens (tertiary/aromatic N) is 5. The van der Waals surface area contributed by atoms with E-state index < -0.39 is 0 Å². The molecule has 7 nitrogen and oxygen atoms in total. The van der Waals surface area contributed by atoms with Crippen molar-refractivity contribution in [2.75, 3.05) is 31.6 Å². The maximum absolute atomic E-state index is 13.8. The van der Waals surface area contributed by atoms with Gasteiger partial charge in [-0.25, -0.2) is 9.38 Å². The zero-order valence-corrected chi connectivity index (χ0v) is 16.3. The number of para-hydroxylation sites is 1. The normalized spacial score (nSPS) is 11.6. The molecule has 1 aromatic carbocycles. The molecule has 0 atom stereocenters. The van der Waals surface area contributed by atoms with Gasteiger partial charge >= 0.3 is 0 Å². The average Bonchev–Trinajstić information content (AvgIpc) is 3.12. The minimum atomic E-state index is -0.201. The van der Waals surface area contributed by atoms with Gasteiger partial charge in [-0.3, -0.25) is 4.40 Å². The van der Waals surface area contributed by atoms with Gasteiger partial charge in [-0.1, -0.05) is 18.2 Å². The Bertz CT molecular complexity index is 922. The molecule has 2 heterocycles. The smallest absolute Gasteiger partial charge is 0.191 e. The van der Waals surface area contributed by atoms with Crippen LogP contribution in [-0.2, 0) is 6.54 Å². The molecule has 0 amide bonds. The van der Waals surface area contributed by atoms with E-state index >= 15 is 0 Å². The van der Waals surface area contributed by atoms with Gasteiger partial charge in [0, 0.05) is 32.9 Å². The zero-order valence-electron chi connectivity index (χ0n) is 16.3. The van der Waals surface area contributed by atoms with Crippen LogP contribution in [0.15, 0.2) is 53.7 Å². The predicted molar refractivity (Wildman–Crippen MR) is 110 cm³/mol. The molecule has 0 spiro atoms. The maximum atomic E-state index is 13.8. The molecule has 2 N–H and O–H groups in total. The van der Waals surface area contributed by atoms with Gasteiger partial charge in [-0.05, 0) is 37.6 Å². The summed E-state index contributed by atoms with van der Waals surface area (Å²) < 4.78 is 15.8. The van der Waals surface area contributed by atoms with E-state index in [9.17, 15) is 4.39 Å². The number of hydrogen-bond donors (Lipinski definition) is 2. The highest BCUT2D eigenvalue weighted by Crippen LogP contribution is 2.16. The Hall–Kier alpha value is -3.16. The first-order valence-corrected chi connectivity index (χ1v) is 9.45. The molecule has 0 radical (unpaired) electrons. The number of hydrogen-bond acceptors (Lipinski definition) is 4. The van der Waals surface area contributed by atoms with E-state index in [0.717, 1.165) is 43.5 Å². The van der Waals surface area contributed by atoms with Gasteiger partial charge in [-0.15, -0.1) is 10.2 Å². The quantitative estimate of drug-likeness (QED) is 0.355. The van der Waals surface area contributed by atoms with Crippen molar-refractivity contribution in [2.45, 2.75) is 19.9 Å². The van der Waals surface area contributed by atoms with Crippen molar-refractivity contribution in [1.82, 2.24) is 25.2 Å². The summed E-state index contributed by atoms with van der Waals surface area (Å²) in [6.45, 7) is 4.68. The van der Waals surface area contributed by atoms with Crippen LogP contribution in [0.1, 0.15) is 19.2 Å². The maximum Gasteiger partial charge on any atom is 0.191 e. The Morgan fingerprint density at radius 3 is 2.79 bits per heavy atom. The number of rotatable bonds is 8. The first-order chi connectivity index (χ1) is 13.7. The molecule has 0 aliphatic carbocycles. The molecule has 0 saturated carbocycles. The number of pyridine rings is 1. The molecule has 3 aromatic rings. The summed E-state index contributed by atoms with van der Waals surface area (Å²) >= 11 is 0. The summed E-state index contributed by atoms with van der Waals surface area (Å²) in [4.78, 5) is 6.51. The fraction of sp³-hybridized carbons (Fsp3) is 0.350. The summed E-state index contributed by atoms with van der Waals surface area (Å²) in [5.74, 6) is 1.31. The van der Waals surface area contributed by atoms with Crippen LogP contribution in [0, 0.1) is 5.82 Å². The van der Waals surface area contributed by atoms with E-state index in [1.807, 2.05) is 53.7 Å². The van der Waals surface area contributed by atoms with Crippen molar-refractivity contribution >= 4 is 17.3 Å². The topological polar surface area (TPSA) is 69.8 Å². The fourth-order valence-electron chi connectivity index (χ4n) is 2.90. The third kappa shape index (κ3) is 4.97. The van der Waals surface area contributed by atoms with Gasteiger partial charge in [0.05, 0.1) is 5.69 Å². The molecule has 0 fully saturated rings. The number of aliphatic imine (C=N–C) groups is 1. The third-order valence-electron chi connectivity index (χ3n) is 4.33. The summed E-state index contributed by atoms with van der Waals surface area (Å²) in [7, 11) is 1.90. The number of fused-ring (bicyclic) bond motifs is 1. The molecule has 0 bridgehead atoms. The second-order valence-corrected chi connectivity index (χ2v) is 6.39. The Kier molecular flexibility index (Phi) is 6.78. The predicted octanol–water partition coefficient (Wildman–Crippen LogP) is 2.45. The monoisotopic (exact) mass is 383 g/mol. The van der Waals surface area contributed by atoms with E-state index in [1.54, 1.807) is 12.1 Å². The van der Waals surface area contributed by atoms with Crippen molar-refractivity contribution in [2.24, 2.45) is 4.99 Å². The lowest BCUT2D eigenvalue weighted by molar-refractivity contribution is 0.619. The molecular weight excluding hydrogens is 357 g/mol. The van der Waals surface area contributed by atoms with Gasteiger partial charge in [-0.2, -0.15) is 0 Å². The largest absolute Gasteiger partial charge is 0.372 e. The Morgan fingerprint density at radius 2 is 1.96 bits per heavy atom. The van der Waals surface area contributed by atoms with Crippen molar-refractivity contribution in [3.05, 3.63) is 60.3 Å². The van der Waals surface area contributed by atoms with Crippen LogP contribution in [0.4, 0.5) is 10.1 Å². The van der Waals surface area contributed by atoms with Crippen LogP contribution in [0.25, 0.3) is 5.65 Å². The molecule has 0 aliphatic heterocycles. The Morgan fingerprint density at radius 1 is 1.14 bits per heavy atom. The summed E-state index contributed by atoms with van der Waals surface area (Å²) in [6.07, 6.45) is 2.78. The van der Waals surface area contributed by atoms with Crippen molar-refractivity contribution in [3.8, 4) is 0 Å². The van der Waals surface area contributed by atoms with Crippen LogP contribution < -0.4 is 15.5 Å². The number of benzene rings is 1. The molecule has 8 heteroatoms. The Labute approximate surface area is 164 Å². The van der Waals surface area contributed by atoms with Crippen molar-refractivity contribution in [1.29, 1.82) is 0 Å². The van der Waals surface area contributed by atoms with Gasteiger partial charge in [0.25, 0.3) is 0 Å². The SMILES string of the molecule is CCNC(=NCc1nnc2ccccn12)NCCCN(C)c1ccccc1F. The summed E-state index contributed by atoms with van der Waals surface area (Å²) in [6, 6.07) is 12.6. The molecular formula is C20H26FN7. The van der Waals surface area contributed by atoms with Crippen LogP contribution in [-0.4, -0.2) is 47.2 Å². The minimum Gasteiger partial charge on any atom is -0.372 e. The highest BCUT2D eigenvalue weighted by atomic mass is 19.1. The standard InChI is InChI=1S/C20H26FN7/c1-3-22-20(24-15-19-26-25-18-11-6-7-14-28(18)19)23-12-8-13-27(2)17-10-5-4-9-16(17)21/h4-7,9-11,14H,3,8,12-13,15H2,1-2H3,(H2,22,23,24). The van der Waals surface area contributed by atoms with Crippen molar-refractivity contribution in [3.63, 3.8) is 0 Å². The lowest BCUT2D eigenvalue weighted by atomic mass is 10.2. The minimum absolute atomic E-state index is 0.201. The number of guanidine groups is 1. The van der Waals surface area contributed by atoms with Crippen LogP contribution in [0.3, 0.4) is 0 Å². The van der Waals surface area contributed by atoms with E-state index in [1.165, 1.54) is 6.07 Å². The number of nitrogens with one attached hydrogen (secondary N) is 2. The zero-order chi connectivity index (χ0) is 19.8. The molecule has 3 rings (SSSR count). The fourth-order valence-corrected chi connectivity index (χ4v) is 2.90. The summed E-state index contributed by atoms with van der Waals surface area (Å²) in [5, 5.41) is 14.9. The Balaban J connectivity index is 1.51.